The van der Waals surface area contributed by atoms with Crippen LogP contribution in [0.4, 0.5) is 0 Å². The van der Waals surface area contributed by atoms with E-state index in [4.69, 9.17) is 4.74 Å². The molecule has 2 saturated heterocycles. The van der Waals surface area contributed by atoms with Crippen LogP contribution in [0.3, 0.4) is 0 Å². The number of amides is 1. The second-order valence-electron chi connectivity index (χ2n) is 7.49. The van der Waals surface area contributed by atoms with Crippen LogP contribution in [0.2, 0.25) is 0 Å². The molecule has 1 aliphatic carbocycles. The maximum atomic E-state index is 12.8. The topological polar surface area (TPSA) is 44.8 Å². The number of nitrogens with one attached hydrogen (secondary N) is 1. The number of hydrogen-bond donors (Lipinski definition) is 1. The highest BCUT2D eigenvalue weighted by molar-refractivity contribution is 5.85. The summed E-state index contributed by atoms with van der Waals surface area (Å²) in [5.74, 6) is 1.12. The number of ether oxygens (including phenoxy) is 1. The normalized spacial score (nSPS) is 29.2. The Hall–Kier alpha value is -0.0700. The molecule has 0 aromatic rings. The molecule has 0 aromatic heterocycles. The predicted octanol–water partition coefficient (Wildman–Crippen LogP) is 2.32. The molecule has 2 atom stereocenters. The summed E-state index contributed by atoms with van der Waals surface area (Å²) in [5, 5.41) is 3.33. The van der Waals surface area contributed by atoms with Crippen LogP contribution in [0.5, 0.6) is 0 Å². The van der Waals surface area contributed by atoms with Gasteiger partial charge in [0.15, 0.2) is 0 Å². The summed E-state index contributed by atoms with van der Waals surface area (Å²) < 4.78 is 5.63. The van der Waals surface area contributed by atoms with Crippen molar-refractivity contribution >= 4 is 30.7 Å². The van der Waals surface area contributed by atoms with Crippen molar-refractivity contribution < 1.29 is 9.53 Å². The monoisotopic (exact) mass is 395 g/mol. The van der Waals surface area contributed by atoms with Gasteiger partial charge in [0.2, 0.25) is 5.91 Å². The van der Waals surface area contributed by atoms with Crippen molar-refractivity contribution in [3.05, 3.63) is 0 Å². The first kappa shape index (κ1) is 23.0. The van der Waals surface area contributed by atoms with Gasteiger partial charge >= 0.3 is 0 Å². The minimum Gasteiger partial charge on any atom is -0.375 e. The lowest BCUT2D eigenvalue weighted by Gasteiger charge is -2.33. The van der Waals surface area contributed by atoms with Gasteiger partial charge in [-0.2, -0.15) is 0 Å². The van der Waals surface area contributed by atoms with Gasteiger partial charge in [-0.1, -0.05) is 19.3 Å². The molecule has 1 saturated carbocycles. The van der Waals surface area contributed by atoms with E-state index in [1.54, 1.807) is 0 Å². The van der Waals surface area contributed by atoms with E-state index in [2.05, 4.69) is 15.1 Å². The highest BCUT2D eigenvalue weighted by Crippen LogP contribution is 2.24. The van der Waals surface area contributed by atoms with Crippen LogP contribution < -0.4 is 5.32 Å². The minimum atomic E-state index is -0.159. The van der Waals surface area contributed by atoms with Gasteiger partial charge in [0, 0.05) is 32.7 Å². The highest BCUT2D eigenvalue weighted by atomic mass is 35.5. The summed E-state index contributed by atoms with van der Waals surface area (Å²) in [7, 11) is 0. The van der Waals surface area contributed by atoms with Gasteiger partial charge in [-0.25, -0.2) is 0 Å². The van der Waals surface area contributed by atoms with Gasteiger partial charge in [0.05, 0.1) is 12.7 Å². The van der Waals surface area contributed by atoms with Crippen LogP contribution in [0.25, 0.3) is 0 Å². The quantitative estimate of drug-likeness (QED) is 0.796. The van der Waals surface area contributed by atoms with Gasteiger partial charge in [0.25, 0.3) is 0 Å². The average Bonchev–Trinajstić information content (AvgIpc) is 2.81. The van der Waals surface area contributed by atoms with Crippen LogP contribution in [0, 0.1) is 5.92 Å². The summed E-state index contributed by atoms with van der Waals surface area (Å²) in [6.45, 7) is 8.67. The number of carbonyl (C=O) groups excluding carboxylic acids is 1. The second kappa shape index (κ2) is 11.6. The third kappa shape index (κ3) is 6.55. The largest absolute Gasteiger partial charge is 0.375 e. The van der Waals surface area contributed by atoms with Gasteiger partial charge in [0.1, 0.15) is 6.04 Å². The number of rotatable bonds is 3. The third-order valence-electron chi connectivity index (χ3n) is 5.72. The predicted molar refractivity (Wildman–Crippen MR) is 106 cm³/mol. The van der Waals surface area contributed by atoms with Crippen molar-refractivity contribution in [1.82, 2.24) is 15.1 Å². The average molecular weight is 396 g/mol. The van der Waals surface area contributed by atoms with E-state index in [1.165, 1.54) is 38.6 Å². The van der Waals surface area contributed by atoms with E-state index >= 15 is 0 Å². The molecule has 7 heteroatoms. The van der Waals surface area contributed by atoms with Crippen molar-refractivity contribution in [2.75, 3.05) is 45.9 Å². The summed E-state index contributed by atoms with van der Waals surface area (Å²) in [6.07, 6.45) is 8.13. The van der Waals surface area contributed by atoms with Crippen molar-refractivity contribution in [1.29, 1.82) is 0 Å². The van der Waals surface area contributed by atoms with Crippen molar-refractivity contribution in [3.8, 4) is 0 Å². The van der Waals surface area contributed by atoms with E-state index in [-0.39, 0.29) is 42.9 Å². The summed E-state index contributed by atoms with van der Waals surface area (Å²) in [5.41, 5.74) is 0. The molecule has 3 fully saturated rings. The van der Waals surface area contributed by atoms with Gasteiger partial charge in [-0.05, 0) is 38.6 Å². The molecule has 0 spiro atoms. The number of morpholine rings is 1. The molecular formula is C18H35Cl2N3O2. The first-order chi connectivity index (χ1) is 11.2. The van der Waals surface area contributed by atoms with E-state index < -0.39 is 0 Å². The van der Waals surface area contributed by atoms with Gasteiger partial charge in [-0.3, -0.25) is 4.79 Å². The van der Waals surface area contributed by atoms with Crippen LogP contribution >= 0.6 is 24.8 Å². The highest BCUT2D eigenvalue weighted by Gasteiger charge is 2.32. The Labute approximate surface area is 165 Å². The Kier molecular flexibility index (Phi) is 10.7. The lowest BCUT2D eigenvalue weighted by atomic mass is 9.89. The van der Waals surface area contributed by atoms with E-state index in [0.29, 0.717) is 6.61 Å². The second-order valence-corrected chi connectivity index (χ2v) is 7.49. The van der Waals surface area contributed by atoms with Gasteiger partial charge < -0.3 is 19.9 Å². The smallest absolute Gasteiger partial charge is 0.242 e. The number of carbonyl (C=O) groups is 1. The Morgan fingerprint density at radius 2 is 1.80 bits per heavy atom. The van der Waals surface area contributed by atoms with Crippen LogP contribution in [-0.4, -0.2) is 73.7 Å². The van der Waals surface area contributed by atoms with E-state index in [1.807, 2.05) is 6.92 Å². The van der Waals surface area contributed by atoms with Crippen molar-refractivity contribution in [2.45, 2.75) is 57.6 Å². The fourth-order valence-corrected chi connectivity index (χ4v) is 4.31. The maximum Gasteiger partial charge on any atom is 0.242 e. The Balaban J connectivity index is 0.00000156. The standard InChI is InChI=1S/C18H33N3O2.2ClH/c1-15-17(19-8-13-23-15)18(22)21-10-5-9-20(11-12-21)14-16-6-3-2-4-7-16;;/h15-17,19H,2-14H2,1H3;2*1H/t15-,17+;;/m1../s1. The molecule has 0 bridgehead atoms. The fraction of sp³-hybridized carbons (Fsp3) is 0.944. The molecule has 5 nitrogen and oxygen atoms in total. The number of hydrogen-bond acceptors (Lipinski definition) is 4. The lowest BCUT2D eigenvalue weighted by molar-refractivity contribution is -0.139. The molecule has 0 aromatic carbocycles. The van der Waals surface area contributed by atoms with Crippen LogP contribution in [0.1, 0.15) is 45.4 Å². The molecule has 148 valence electrons. The first-order valence-corrected chi connectivity index (χ1v) is 9.60. The molecule has 1 N–H and O–H groups in total. The van der Waals surface area contributed by atoms with Crippen LogP contribution in [-0.2, 0) is 9.53 Å². The van der Waals surface area contributed by atoms with Crippen molar-refractivity contribution in [2.24, 2.45) is 5.92 Å². The Bertz CT molecular complexity index is 395. The van der Waals surface area contributed by atoms with Crippen LogP contribution in [0.15, 0.2) is 0 Å². The molecule has 3 aliphatic rings. The SMILES string of the molecule is C[C@H]1OCCN[C@@H]1C(=O)N1CCCN(CC2CCCCC2)CC1.Cl.Cl. The Morgan fingerprint density at radius 1 is 1.04 bits per heavy atom. The molecule has 0 unspecified atom stereocenters. The maximum absolute atomic E-state index is 12.8. The molecule has 2 aliphatic heterocycles. The fourth-order valence-electron chi connectivity index (χ4n) is 4.31. The number of halogens is 2. The minimum absolute atomic E-state index is 0. The summed E-state index contributed by atoms with van der Waals surface area (Å²) in [6, 6.07) is -0.159. The zero-order valence-electron chi connectivity index (χ0n) is 15.5. The first-order valence-electron chi connectivity index (χ1n) is 9.60. The molecule has 25 heavy (non-hydrogen) atoms. The Morgan fingerprint density at radius 3 is 2.52 bits per heavy atom. The molecule has 2 heterocycles. The summed E-state index contributed by atoms with van der Waals surface area (Å²) in [4.78, 5) is 17.4. The third-order valence-corrected chi connectivity index (χ3v) is 5.72. The molecular weight excluding hydrogens is 361 g/mol. The van der Waals surface area contributed by atoms with E-state index in [9.17, 15) is 4.79 Å². The van der Waals surface area contributed by atoms with E-state index in [0.717, 1.165) is 45.1 Å². The van der Waals surface area contributed by atoms with Gasteiger partial charge in [-0.15, -0.1) is 24.8 Å². The zero-order chi connectivity index (χ0) is 16.1. The summed E-state index contributed by atoms with van der Waals surface area (Å²) >= 11 is 0. The molecule has 3 rings (SSSR count). The number of nitrogens with zero attached hydrogens (tertiary/aromatic N) is 2. The lowest BCUT2D eigenvalue weighted by Crippen LogP contribution is -2.56. The zero-order valence-corrected chi connectivity index (χ0v) is 17.1. The van der Waals surface area contributed by atoms with Crippen molar-refractivity contribution in [3.63, 3.8) is 0 Å². The molecule has 0 radical (unpaired) electrons. The molecule has 1 amide bonds.